The number of anilines is 2. The second-order valence-corrected chi connectivity index (χ2v) is 5.90. The number of methoxy groups -OCH3 is 1. The third-order valence-electron chi connectivity index (χ3n) is 4.37. The Morgan fingerprint density at radius 3 is 2.40 bits per heavy atom. The molecule has 25 heavy (non-hydrogen) atoms. The molecule has 0 unspecified atom stereocenters. The number of carbonyl (C=O) groups excluding carboxylic acids is 1. The van der Waals surface area contributed by atoms with E-state index >= 15 is 0 Å². The van der Waals surface area contributed by atoms with Gasteiger partial charge in [-0.2, -0.15) is 0 Å². The molecule has 1 N–H and O–H groups in total. The summed E-state index contributed by atoms with van der Waals surface area (Å²) >= 11 is 0. The maximum Gasteiger partial charge on any atom is 0.241 e. The summed E-state index contributed by atoms with van der Waals surface area (Å²) in [7, 11) is 1.65. The molecule has 5 nitrogen and oxygen atoms in total. The van der Waals surface area contributed by atoms with Gasteiger partial charge in [0, 0.05) is 31.9 Å². The quantitative estimate of drug-likeness (QED) is 0.906. The number of para-hydroxylation sites is 1. The predicted octanol–water partition coefficient (Wildman–Crippen LogP) is 2.60. The fraction of sp³-hybridized carbons (Fsp3) is 0.316. The van der Waals surface area contributed by atoms with E-state index in [1.54, 1.807) is 25.3 Å². The molecule has 0 atom stereocenters. The van der Waals surface area contributed by atoms with Crippen molar-refractivity contribution in [2.24, 2.45) is 0 Å². The number of benzene rings is 2. The molecule has 1 aliphatic heterocycles. The Morgan fingerprint density at radius 2 is 1.76 bits per heavy atom. The van der Waals surface area contributed by atoms with E-state index in [4.69, 9.17) is 4.74 Å². The molecule has 1 fully saturated rings. The van der Waals surface area contributed by atoms with Gasteiger partial charge >= 0.3 is 0 Å². The number of nitrogens with zero attached hydrogens (tertiary/aromatic N) is 2. The fourth-order valence-electron chi connectivity index (χ4n) is 2.89. The molecule has 2 aromatic rings. The number of ether oxygens (including phenoxy) is 1. The van der Waals surface area contributed by atoms with Crippen LogP contribution in [0.25, 0.3) is 0 Å². The van der Waals surface area contributed by atoms with Crippen LogP contribution in [0.2, 0.25) is 0 Å². The van der Waals surface area contributed by atoms with Gasteiger partial charge in [0.15, 0.2) is 0 Å². The minimum atomic E-state index is -0.348. The topological polar surface area (TPSA) is 44.8 Å². The van der Waals surface area contributed by atoms with Gasteiger partial charge in [-0.3, -0.25) is 4.79 Å². The normalized spacial score (nSPS) is 14.3. The molecule has 0 spiro atoms. The Morgan fingerprint density at radius 1 is 1.08 bits per heavy atom. The maximum atomic E-state index is 13.6. The lowest BCUT2D eigenvalue weighted by Gasteiger charge is -2.36. The van der Waals surface area contributed by atoms with Crippen molar-refractivity contribution in [2.75, 3.05) is 50.1 Å². The van der Waals surface area contributed by atoms with Gasteiger partial charge in [-0.15, -0.1) is 0 Å². The van der Waals surface area contributed by atoms with Crippen molar-refractivity contribution in [2.45, 2.75) is 0 Å². The van der Waals surface area contributed by atoms with Crippen LogP contribution in [0, 0.1) is 5.82 Å². The van der Waals surface area contributed by atoms with Gasteiger partial charge in [-0.1, -0.05) is 12.1 Å². The summed E-state index contributed by atoms with van der Waals surface area (Å²) in [5.41, 5.74) is 1.48. The van der Waals surface area contributed by atoms with E-state index in [1.807, 2.05) is 29.2 Å². The number of amides is 1. The number of carbonyl (C=O) groups is 1. The zero-order valence-electron chi connectivity index (χ0n) is 14.2. The van der Waals surface area contributed by atoms with Crippen LogP contribution in [0.4, 0.5) is 15.8 Å². The molecular formula is C19H22FN3O2. The second-order valence-electron chi connectivity index (χ2n) is 5.90. The van der Waals surface area contributed by atoms with Crippen LogP contribution in [0.15, 0.2) is 48.5 Å². The van der Waals surface area contributed by atoms with E-state index < -0.39 is 0 Å². The van der Waals surface area contributed by atoms with Gasteiger partial charge in [0.1, 0.15) is 11.6 Å². The Balaban J connectivity index is 1.49. The first kappa shape index (κ1) is 17.1. The van der Waals surface area contributed by atoms with Crippen LogP contribution < -0.4 is 15.0 Å². The zero-order valence-corrected chi connectivity index (χ0v) is 14.2. The van der Waals surface area contributed by atoms with E-state index in [0.717, 1.165) is 24.5 Å². The Kier molecular flexibility index (Phi) is 5.38. The maximum absolute atomic E-state index is 13.6. The highest BCUT2D eigenvalue weighted by Crippen LogP contribution is 2.20. The van der Waals surface area contributed by atoms with Crippen molar-refractivity contribution in [3.8, 4) is 5.75 Å². The minimum Gasteiger partial charge on any atom is -0.497 e. The number of nitrogens with one attached hydrogen (secondary N) is 1. The van der Waals surface area contributed by atoms with E-state index in [0.29, 0.717) is 18.8 Å². The van der Waals surface area contributed by atoms with E-state index in [1.165, 1.54) is 6.07 Å². The summed E-state index contributed by atoms with van der Waals surface area (Å²) in [5, 5.41) is 2.87. The van der Waals surface area contributed by atoms with Gasteiger partial charge in [0.25, 0.3) is 0 Å². The number of piperazine rings is 1. The lowest BCUT2D eigenvalue weighted by atomic mass is 10.2. The Hall–Kier alpha value is -2.76. The van der Waals surface area contributed by atoms with Crippen molar-refractivity contribution >= 4 is 17.3 Å². The first-order valence-electron chi connectivity index (χ1n) is 8.32. The summed E-state index contributed by atoms with van der Waals surface area (Å²) in [6.07, 6.45) is 0. The highest BCUT2D eigenvalue weighted by atomic mass is 19.1. The SMILES string of the molecule is COc1ccc(N2CCN(C(=O)CNc3ccccc3F)CC2)cc1. The van der Waals surface area contributed by atoms with Crippen LogP contribution >= 0.6 is 0 Å². The number of halogens is 1. The van der Waals surface area contributed by atoms with Crippen molar-refractivity contribution in [3.63, 3.8) is 0 Å². The standard InChI is InChI=1S/C19H22FN3O2/c1-25-16-8-6-15(7-9-16)22-10-12-23(13-11-22)19(24)14-21-18-5-3-2-4-17(18)20/h2-9,21H,10-14H2,1H3. The first-order valence-corrected chi connectivity index (χ1v) is 8.32. The summed E-state index contributed by atoms with van der Waals surface area (Å²) in [6.45, 7) is 2.96. The molecule has 3 rings (SSSR count). The van der Waals surface area contributed by atoms with Crippen molar-refractivity contribution in [1.82, 2.24) is 4.90 Å². The van der Waals surface area contributed by atoms with Gasteiger partial charge < -0.3 is 19.9 Å². The highest BCUT2D eigenvalue weighted by Gasteiger charge is 2.21. The van der Waals surface area contributed by atoms with Crippen LogP contribution in [-0.2, 0) is 4.79 Å². The summed E-state index contributed by atoms with van der Waals surface area (Å²) in [6, 6.07) is 14.3. The summed E-state index contributed by atoms with van der Waals surface area (Å²) in [4.78, 5) is 16.4. The number of hydrogen-bond acceptors (Lipinski definition) is 4. The third kappa shape index (κ3) is 4.21. The Labute approximate surface area is 147 Å². The largest absolute Gasteiger partial charge is 0.497 e. The van der Waals surface area contributed by atoms with Gasteiger partial charge in [-0.25, -0.2) is 4.39 Å². The second kappa shape index (κ2) is 7.88. The average molecular weight is 343 g/mol. The van der Waals surface area contributed by atoms with Gasteiger partial charge in [0.05, 0.1) is 19.3 Å². The zero-order chi connectivity index (χ0) is 17.6. The average Bonchev–Trinajstić information content (AvgIpc) is 2.67. The lowest BCUT2D eigenvalue weighted by Crippen LogP contribution is -2.50. The molecular weight excluding hydrogens is 321 g/mol. The van der Waals surface area contributed by atoms with Crippen molar-refractivity contribution < 1.29 is 13.9 Å². The highest BCUT2D eigenvalue weighted by molar-refractivity contribution is 5.81. The van der Waals surface area contributed by atoms with Gasteiger partial charge in [0.2, 0.25) is 5.91 Å². The van der Waals surface area contributed by atoms with E-state index in [9.17, 15) is 9.18 Å². The van der Waals surface area contributed by atoms with Crippen LogP contribution in [0.1, 0.15) is 0 Å². The van der Waals surface area contributed by atoms with Crippen LogP contribution in [-0.4, -0.2) is 50.6 Å². The molecule has 0 saturated carbocycles. The summed E-state index contributed by atoms with van der Waals surface area (Å²) < 4.78 is 18.7. The molecule has 0 radical (unpaired) electrons. The summed E-state index contributed by atoms with van der Waals surface area (Å²) in [5.74, 6) is 0.467. The molecule has 1 heterocycles. The molecule has 1 aliphatic rings. The van der Waals surface area contributed by atoms with Gasteiger partial charge in [-0.05, 0) is 36.4 Å². The van der Waals surface area contributed by atoms with E-state index in [2.05, 4.69) is 10.2 Å². The van der Waals surface area contributed by atoms with E-state index in [-0.39, 0.29) is 18.3 Å². The van der Waals surface area contributed by atoms with Crippen molar-refractivity contribution in [3.05, 3.63) is 54.3 Å². The molecule has 1 amide bonds. The molecule has 1 saturated heterocycles. The third-order valence-corrected chi connectivity index (χ3v) is 4.37. The predicted molar refractivity (Wildman–Crippen MR) is 96.7 cm³/mol. The number of rotatable bonds is 5. The van der Waals surface area contributed by atoms with Crippen LogP contribution in [0.3, 0.4) is 0 Å². The molecule has 0 aliphatic carbocycles. The lowest BCUT2D eigenvalue weighted by molar-refractivity contribution is -0.129. The molecule has 6 heteroatoms. The molecule has 0 aromatic heterocycles. The van der Waals surface area contributed by atoms with Crippen molar-refractivity contribution in [1.29, 1.82) is 0 Å². The first-order chi connectivity index (χ1) is 12.2. The molecule has 132 valence electrons. The molecule has 2 aromatic carbocycles. The monoisotopic (exact) mass is 343 g/mol. The Bertz CT molecular complexity index is 713. The number of hydrogen-bond donors (Lipinski definition) is 1. The minimum absolute atomic E-state index is 0.0161. The fourth-order valence-corrected chi connectivity index (χ4v) is 2.89. The van der Waals surface area contributed by atoms with Crippen LogP contribution in [0.5, 0.6) is 5.75 Å². The molecule has 0 bridgehead atoms. The smallest absolute Gasteiger partial charge is 0.241 e.